The Labute approximate surface area is 156 Å². The van der Waals surface area contributed by atoms with E-state index < -0.39 is 6.09 Å². The van der Waals surface area contributed by atoms with Crippen molar-refractivity contribution < 1.29 is 20.1 Å². The minimum atomic E-state index is -1.32. The number of nitrogens with zero attached hydrogens (tertiary/aromatic N) is 3. The van der Waals surface area contributed by atoms with Gasteiger partial charge in [0.05, 0.1) is 11.3 Å². The van der Waals surface area contributed by atoms with E-state index in [0.717, 1.165) is 11.6 Å². The number of aromatic hydroxyl groups is 2. The lowest BCUT2D eigenvalue weighted by molar-refractivity contribution is 0.209. The van der Waals surface area contributed by atoms with E-state index in [1.54, 1.807) is 18.2 Å². The number of nitrogens with one attached hydrogen (secondary N) is 2. The number of fused-ring (bicyclic) bond motifs is 1. The largest absolute Gasteiger partial charge is 0.508 e. The van der Waals surface area contributed by atoms with Gasteiger partial charge < -0.3 is 20.3 Å². The normalized spacial score (nSPS) is 11.0. The first-order valence-corrected chi connectivity index (χ1v) is 8.07. The molecule has 0 radical (unpaired) electrons. The Morgan fingerprint density at radius 1 is 1.15 bits per heavy atom. The van der Waals surface area contributed by atoms with Crippen LogP contribution in [0.3, 0.4) is 0 Å². The van der Waals surface area contributed by atoms with Crippen LogP contribution in [-0.2, 0) is 0 Å². The molecule has 2 heterocycles. The fourth-order valence-electron chi connectivity index (χ4n) is 2.87. The molecule has 0 saturated carbocycles. The Kier molecular flexibility index (Phi) is 3.85. The van der Waals surface area contributed by atoms with Crippen LogP contribution < -0.4 is 5.32 Å². The molecule has 27 heavy (non-hydrogen) atoms. The molecule has 0 unspecified atom stereocenters. The Balaban J connectivity index is 2.02. The van der Waals surface area contributed by atoms with Crippen molar-refractivity contribution in [3.8, 4) is 28.6 Å². The zero-order valence-electron chi connectivity index (χ0n) is 13.5. The highest BCUT2D eigenvalue weighted by Gasteiger charge is 2.21. The summed E-state index contributed by atoms with van der Waals surface area (Å²) >= 11 is 6.07. The van der Waals surface area contributed by atoms with Gasteiger partial charge in [-0.3, -0.25) is 9.88 Å². The number of rotatable bonds is 3. The molecule has 0 fully saturated rings. The second-order valence-corrected chi connectivity index (χ2v) is 6.08. The Morgan fingerprint density at radius 3 is 2.70 bits per heavy atom. The number of carboxylic acid groups (broad SMARTS) is 1. The molecule has 0 aliphatic carbocycles. The number of H-pyrrole nitrogens is 1. The standard InChI is InChI=1S/C17H12ClN5O4/c18-14-7-10-11(19-14)2-1-3-12(10)23-15(21-22-16(23)20-17(26)27)9-5-4-8(24)6-13(9)25/h1-7,19,24-25H,(H,20,22)(H,26,27). The molecule has 136 valence electrons. The van der Waals surface area contributed by atoms with E-state index in [-0.39, 0.29) is 28.8 Å². The van der Waals surface area contributed by atoms with Crippen molar-refractivity contribution in [2.75, 3.05) is 5.32 Å². The average Bonchev–Trinajstić information content (AvgIpc) is 3.16. The van der Waals surface area contributed by atoms with Crippen LogP contribution in [-0.4, -0.2) is 41.2 Å². The van der Waals surface area contributed by atoms with Crippen LogP contribution in [0.2, 0.25) is 5.15 Å². The minimum Gasteiger partial charge on any atom is -0.508 e. The maximum absolute atomic E-state index is 11.2. The Bertz CT molecular complexity index is 1180. The maximum Gasteiger partial charge on any atom is 0.411 e. The van der Waals surface area contributed by atoms with Crippen molar-refractivity contribution in [1.82, 2.24) is 19.7 Å². The topological polar surface area (TPSA) is 136 Å². The van der Waals surface area contributed by atoms with E-state index in [2.05, 4.69) is 20.5 Å². The molecule has 0 atom stereocenters. The number of hydrogen-bond donors (Lipinski definition) is 5. The molecule has 0 saturated heterocycles. The summed E-state index contributed by atoms with van der Waals surface area (Å²) in [5.74, 6) is -0.230. The van der Waals surface area contributed by atoms with Gasteiger partial charge in [-0.1, -0.05) is 17.7 Å². The van der Waals surface area contributed by atoms with Gasteiger partial charge in [0.2, 0.25) is 5.95 Å². The highest BCUT2D eigenvalue weighted by Crippen LogP contribution is 2.36. The monoisotopic (exact) mass is 385 g/mol. The predicted octanol–water partition coefficient (Wildman–Crippen LogP) is 3.57. The van der Waals surface area contributed by atoms with Gasteiger partial charge in [0, 0.05) is 17.0 Å². The summed E-state index contributed by atoms with van der Waals surface area (Å²) in [6.07, 6.45) is -1.32. The van der Waals surface area contributed by atoms with Crippen LogP contribution in [0.5, 0.6) is 11.5 Å². The van der Waals surface area contributed by atoms with E-state index in [1.165, 1.54) is 16.7 Å². The lowest BCUT2D eigenvalue weighted by atomic mass is 10.1. The Morgan fingerprint density at radius 2 is 1.96 bits per heavy atom. The summed E-state index contributed by atoms with van der Waals surface area (Å²) in [5, 5.41) is 40.1. The molecule has 0 aliphatic rings. The number of amides is 1. The first-order chi connectivity index (χ1) is 12.9. The van der Waals surface area contributed by atoms with Gasteiger partial charge in [0.1, 0.15) is 16.7 Å². The van der Waals surface area contributed by atoms with Crippen molar-refractivity contribution in [2.45, 2.75) is 0 Å². The second kappa shape index (κ2) is 6.22. The summed E-state index contributed by atoms with van der Waals surface area (Å²) in [6, 6.07) is 11.0. The van der Waals surface area contributed by atoms with E-state index >= 15 is 0 Å². The average molecular weight is 386 g/mol. The third kappa shape index (κ3) is 2.89. The number of hydrogen-bond acceptors (Lipinski definition) is 5. The van der Waals surface area contributed by atoms with Crippen molar-refractivity contribution in [2.24, 2.45) is 0 Å². The number of phenols is 2. The lowest BCUT2D eigenvalue weighted by Gasteiger charge is -2.12. The first kappa shape index (κ1) is 16.7. The summed E-state index contributed by atoms with van der Waals surface area (Å²) < 4.78 is 1.45. The highest BCUT2D eigenvalue weighted by molar-refractivity contribution is 6.30. The van der Waals surface area contributed by atoms with Crippen LogP contribution in [0.15, 0.2) is 42.5 Å². The first-order valence-electron chi connectivity index (χ1n) is 7.69. The van der Waals surface area contributed by atoms with E-state index in [4.69, 9.17) is 16.7 Å². The molecule has 4 rings (SSSR count). The zero-order valence-corrected chi connectivity index (χ0v) is 14.3. The number of anilines is 1. The van der Waals surface area contributed by atoms with Crippen molar-refractivity contribution in [1.29, 1.82) is 0 Å². The predicted molar refractivity (Wildman–Crippen MR) is 98.6 cm³/mol. The molecule has 1 amide bonds. The molecular weight excluding hydrogens is 374 g/mol. The second-order valence-electron chi connectivity index (χ2n) is 5.67. The summed E-state index contributed by atoms with van der Waals surface area (Å²) in [5.41, 5.74) is 1.54. The third-order valence-electron chi connectivity index (χ3n) is 3.95. The molecule has 4 aromatic rings. The van der Waals surface area contributed by atoms with Crippen LogP contribution in [0, 0.1) is 0 Å². The van der Waals surface area contributed by atoms with Gasteiger partial charge in [0.25, 0.3) is 0 Å². The minimum absolute atomic E-state index is 0.0604. The fraction of sp³-hybridized carbons (Fsp3) is 0. The number of phenolic OH excluding ortho intramolecular Hbond substituents is 2. The van der Waals surface area contributed by atoms with E-state index in [1.807, 2.05) is 6.07 Å². The molecule has 9 nitrogen and oxygen atoms in total. The zero-order chi connectivity index (χ0) is 19.1. The Hall–Kier alpha value is -3.72. The maximum atomic E-state index is 11.2. The fourth-order valence-corrected chi connectivity index (χ4v) is 3.08. The van der Waals surface area contributed by atoms with E-state index in [0.29, 0.717) is 16.2 Å². The number of aromatic nitrogens is 4. The highest BCUT2D eigenvalue weighted by atomic mass is 35.5. The van der Waals surface area contributed by atoms with E-state index in [9.17, 15) is 15.0 Å². The third-order valence-corrected chi connectivity index (χ3v) is 4.16. The number of aromatic amines is 1. The summed E-state index contributed by atoms with van der Waals surface area (Å²) in [6.45, 7) is 0. The lowest BCUT2D eigenvalue weighted by Crippen LogP contribution is -2.13. The molecule has 0 aliphatic heterocycles. The van der Waals surface area contributed by atoms with Crippen LogP contribution in [0.25, 0.3) is 28.0 Å². The van der Waals surface area contributed by atoms with Gasteiger partial charge in [-0.05, 0) is 30.3 Å². The molecule has 10 heteroatoms. The number of carbonyl (C=O) groups is 1. The van der Waals surface area contributed by atoms with Gasteiger partial charge in [-0.2, -0.15) is 0 Å². The van der Waals surface area contributed by atoms with Crippen molar-refractivity contribution in [3.05, 3.63) is 47.6 Å². The van der Waals surface area contributed by atoms with Crippen molar-refractivity contribution >= 4 is 34.5 Å². The van der Waals surface area contributed by atoms with Crippen LogP contribution >= 0.6 is 11.6 Å². The molecule has 2 aromatic carbocycles. The van der Waals surface area contributed by atoms with Gasteiger partial charge >= 0.3 is 6.09 Å². The quantitative estimate of drug-likeness (QED) is 0.365. The molecule has 0 spiro atoms. The van der Waals surface area contributed by atoms with Crippen molar-refractivity contribution in [3.63, 3.8) is 0 Å². The van der Waals surface area contributed by atoms with Crippen LogP contribution in [0.4, 0.5) is 10.7 Å². The molecular formula is C17H12ClN5O4. The van der Waals surface area contributed by atoms with Gasteiger partial charge in [-0.25, -0.2) is 4.79 Å². The van der Waals surface area contributed by atoms with Gasteiger partial charge in [0.15, 0.2) is 5.82 Å². The number of halogens is 1. The summed E-state index contributed by atoms with van der Waals surface area (Å²) in [4.78, 5) is 14.2. The van der Waals surface area contributed by atoms with Gasteiger partial charge in [-0.15, -0.1) is 10.2 Å². The molecule has 2 aromatic heterocycles. The van der Waals surface area contributed by atoms with Crippen LogP contribution in [0.1, 0.15) is 0 Å². The SMILES string of the molecule is O=C(O)Nc1nnc(-c2ccc(O)cc2O)n1-c1cccc2[nH]c(Cl)cc12. The summed E-state index contributed by atoms with van der Waals surface area (Å²) in [7, 11) is 0. The molecule has 0 bridgehead atoms. The number of benzene rings is 2. The molecule has 5 N–H and O–H groups in total. The smallest absolute Gasteiger partial charge is 0.411 e.